The largest absolute Gasteiger partial charge is 0.380 e. The molecule has 0 saturated carbocycles. The minimum Gasteiger partial charge on any atom is -0.380 e. The van der Waals surface area contributed by atoms with Gasteiger partial charge in [-0.15, -0.1) is 0 Å². The van der Waals surface area contributed by atoms with Gasteiger partial charge in [0.05, 0.1) is 17.3 Å². The van der Waals surface area contributed by atoms with E-state index in [0.717, 1.165) is 0 Å². The van der Waals surface area contributed by atoms with E-state index in [4.69, 9.17) is 16.3 Å². The number of nitrogens with one attached hydrogen (secondary N) is 1. The molecule has 0 aliphatic rings. The van der Waals surface area contributed by atoms with Crippen LogP contribution in [0.15, 0.2) is 6.20 Å². The van der Waals surface area contributed by atoms with E-state index in [0.29, 0.717) is 12.4 Å². The highest BCUT2D eigenvalue weighted by atomic mass is 35.5. The van der Waals surface area contributed by atoms with Gasteiger partial charge in [0.2, 0.25) is 0 Å². The van der Waals surface area contributed by atoms with Crippen LogP contribution in [0.2, 0.25) is 5.02 Å². The average Bonchev–Trinajstić information content (AvgIpc) is 2.35. The van der Waals surface area contributed by atoms with Gasteiger partial charge in [-0.1, -0.05) is 25.4 Å². The highest BCUT2D eigenvalue weighted by molar-refractivity contribution is 6.33. The van der Waals surface area contributed by atoms with E-state index in [1.807, 2.05) is 20.8 Å². The van der Waals surface area contributed by atoms with E-state index in [9.17, 15) is 4.79 Å². The minimum atomic E-state index is -0.312. The van der Waals surface area contributed by atoms with E-state index in [-0.39, 0.29) is 28.6 Å². The third kappa shape index (κ3) is 3.92. The van der Waals surface area contributed by atoms with Crippen LogP contribution in [0.25, 0.3) is 0 Å². The summed E-state index contributed by atoms with van der Waals surface area (Å²) in [7, 11) is 1.59. The minimum absolute atomic E-state index is 0.0564. The topological polar surface area (TPSA) is 64.1 Å². The fourth-order valence-electron chi connectivity index (χ4n) is 1.22. The molecule has 18 heavy (non-hydrogen) atoms. The number of ether oxygens (including phenoxy) is 1. The van der Waals surface area contributed by atoms with Gasteiger partial charge in [-0.2, -0.15) is 0 Å². The zero-order valence-corrected chi connectivity index (χ0v) is 11.8. The van der Waals surface area contributed by atoms with Gasteiger partial charge < -0.3 is 10.1 Å². The molecule has 0 saturated heterocycles. The summed E-state index contributed by atoms with van der Waals surface area (Å²) >= 11 is 5.93. The lowest BCUT2D eigenvalue weighted by Crippen LogP contribution is -2.32. The molecule has 1 aromatic rings. The number of methoxy groups -OCH3 is 1. The highest BCUT2D eigenvalue weighted by Crippen LogP contribution is 2.16. The summed E-state index contributed by atoms with van der Waals surface area (Å²) in [5.41, 5.74) is 0.207. The maximum atomic E-state index is 11.9. The summed E-state index contributed by atoms with van der Waals surface area (Å²) in [4.78, 5) is 20.2. The molecular weight excluding hydrogens is 254 g/mol. The molecule has 1 rings (SSSR count). The molecule has 1 heterocycles. The van der Waals surface area contributed by atoms with E-state index in [2.05, 4.69) is 15.3 Å². The van der Waals surface area contributed by atoms with Gasteiger partial charge in [-0.05, 0) is 6.92 Å². The van der Waals surface area contributed by atoms with Crippen molar-refractivity contribution in [3.8, 4) is 0 Å². The van der Waals surface area contributed by atoms with Gasteiger partial charge in [0, 0.05) is 19.6 Å². The SMILES string of the molecule is COC(C)CNC(=O)c1nc(C(C)C)ncc1Cl. The van der Waals surface area contributed by atoms with Crippen LogP contribution in [0.4, 0.5) is 0 Å². The van der Waals surface area contributed by atoms with Crippen molar-refractivity contribution in [2.75, 3.05) is 13.7 Å². The number of nitrogens with zero attached hydrogens (tertiary/aromatic N) is 2. The van der Waals surface area contributed by atoms with Crippen LogP contribution in [0.5, 0.6) is 0 Å². The average molecular weight is 272 g/mol. The van der Waals surface area contributed by atoms with Crippen molar-refractivity contribution in [2.45, 2.75) is 32.8 Å². The Morgan fingerprint density at radius 2 is 2.17 bits per heavy atom. The van der Waals surface area contributed by atoms with E-state index < -0.39 is 0 Å². The number of hydrogen-bond acceptors (Lipinski definition) is 4. The number of carbonyl (C=O) groups excluding carboxylic acids is 1. The molecule has 1 aromatic heterocycles. The zero-order chi connectivity index (χ0) is 13.7. The summed E-state index contributed by atoms with van der Waals surface area (Å²) in [6.07, 6.45) is 1.40. The summed E-state index contributed by atoms with van der Waals surface area (Å²) in [5.74, 6) is 0.434. The van der Waals surface area contributed by atoms with E-state index >= 15 is 0 Å². The molecule has 5 nitrogen and oxygen atoms in total. The predicted molar refractivity (Wildman–Crippen MR) is 69.9 cm³/mol. The zero-order valence-electron chi connectivity index (χ0n) is 11.0. The Bertz CT molecular complexity index is 424. The first-order chi connectivity index (χ1) is 8.45. The van der Waals surface area contributed by atoms with Crippen molar-refractivity contribution in [1.29, 1.82) is 0 Å². The number of carbonyl (C=O) groups is 1. The Morgan fingerprint density at radius 3 is 2.72 bits per heavy atom. The van der Waals surface area contributed by atoms with Gasteiger partial charge in [0.15, 0.2) is 0 Å². The third-order valence-corrected chi connectivity index (χ3v) is 2.72. The van der Waals surface area contributed by atoms with Gasteiger partial charge in [0.25, 0.3) is 5.91 Å². The van der Waals surface area contributed by atoms with Crippen molar-refractivity contribution in [3.63, 3.8) is 0 Å². The van der Waals surface area contributed by atoms with Crippen LogP contribution in [0, 0.1) is 0 Å². The molecule has 0 aliphatic heterocycles. The molecule has 0 aromatic carbocycles. The fourth-order valence-corrected chi connectivity index (χ4v) is 1.40. The van der Waals surface area contributed by atoms with Gasteiger partial charge in [-0.3, -0.25) is 4.79 Å². The quantitative estimate of drug-likeness (QED) is 0.890. The summed E-state index contributed by atoms with van der Waals surface area (Å²) in [6, 6.07) is 0. The van der Waals surface area contributed by atoms with Crippen molar-refractivity contribution in [2.24, 2.45) is 0 Å². The van der Waals surface area contributed by atoms with Gasteiger partial charge in [-0.25, -0.2) is 9.97 Å². The van der Waals surface area contributed by atoms with Crippen LogP contribution in [-0.4, -0.2) is 35.6 Å². The second-order valence-corrected chi connectivity index (χ2v) is 4.74. The Hall–Kier alpha value is -1.20. The fraction of sp³-hybridized carbons (Fsp3) is 0.583. The van der Waals surface area contributed by atoms with E-state index in [1.165, 1.54) is 6.20 Å². The van der Waals surface area contributed by atoms with Crippen molar-refractivity contribution < 1.29 is 9.53 Å². The maximum absolute atomic E-state index is 11.9. The molecule has 0 fully saturated rings. The Balaban J connectivity index is 2.81. The lowest BCUT2D eigenvalue weighted by molar-refractivity contribution is 0.0866. The molecule has 1 amide bonds. The second kappa shape index (κ2) is 6.66. The monoisotopic (exact) mass is 271 g/mol. The summed E-state index contributed by atoms with van der Waals surface area (Å²) < 4.78 is 5.05. The van der Waals surface area contributed by atoms with Crippen LogP contribution in [0.3, 0.4) is 0 Å². The van der Waals surface area contributed by atoms with Crippen molar-refractivity contribution in [3.05, 3.63) is 22.7 Å². The standard InChI is InChI=1S/C12H18ClN3O2/c1-7(2)11-14-6-9(13)10(16-11)12(17)15-5-8(3)18-4/h6-8H,5H2,1-4H3,(H,15,17). The molecule has 1 unspecified atom stereocenters. The lowest BCUT2D eigenvalue weighted by Gasteiger charge is -2.12. The number of aromatic nitrogens is 2. The molecular formula is C12H18ClN3O2. The molecule has 0 bridgehead atoms. The smallest absolute Gasteiger partial charge is 0.271 e. The first kappa shape index (κ1) is 14.9. The normalized spacial score (nSPS) is 12.6. The lowest BCUT2D eigenvalue weighted by atomic mass is 10.2. The molecule has 0 spiro atoms. The summed E-state index contributed by atoms with van der Waals surface area (Å²) in [6.45, 7) is 6.18. The van der Waals surface area contributed by atoms with Gasteiger partial charge >= 0.3 is 0 Å². The second-order valence-electron chi connectivity index (χ2n) is 4.34. The molecule has 0 aliphatic carbocycles. The number of rotatable bonds is 5. The van der Waals surface area contributed by atoms with Crippen molar-refractivity contribution in [1.82, 2.24) is 15.3 Å². The predicted octanol–water partition coefficient (Wildman–Crippen LogP) is 2.02. The van der Waals surface area contributed by atoms with Crippen molar-refractivity contribution >= 4 is 17.5 Å². The first-order valence-electron chi connectivity index (χ1n) is 5.79. The molecule has 1 N–H and O–H groups in total. The van der Waals surface area contributed by atoms with E-state index in [1.54, 1.807) is 7.11 Å². The maximum Gasteiger partial charge on any atom is 0.271 e. The Morgan fingerprint density at radius 1 is 1.50 bits per heavy atom. The van der Waals surface area contributed by atoms with Gasteiger partial charge in [0.1, 0.15) is 11.5 Å². The molecule has 100 valence electrons. The molecule has 0 radical (unpaired) electrons. The first-order valence-corrected chi connectivity index (χ1v) is 6.17. The third-order valence-electron chi connectivity index (χ3n) is 2.45. The number of hydrogen-bond donors (Lipinski definition) is 1. The summed E-state index contributed by atoms with van der Waals surface area (Å²) in [5, 5.41) is 2.97. The van der Waals surface area contributed by atoms with Crippen LogP contribution in [-0.2, 0) is 4.74 Å². The number of amides is 1. The number of halogens is 1. The van der Waals surface area contributed by atoms with Crippen LogP contribution in [0.1, 0.15) is 43.0 Å². The Kier molecular flexibility index (Phi) is 5.50. The van der Waals surface area contributed by atoms with Crippen LogP contribution < -0.4 is 5.32 Å². The van der Waals surface area contributed by atoms with Crippen LogP contribution >= 0.6 is 11.6 Å². The molecule has 1 atom stereocenters. The Labute approximate surface area is 112 Å². The highest BCUT2D eigenvalue weighted by Gasteiger charge is 2.15. The molecule has 6 heteroatoms.